The lowest BCUT2D eigenvalue weighted by atomic mass is 9.77. The van der Waals surface area contributed by atoms with E-state index in [0.29, 0.717) is 0 Å². The average Bonchev–Trinajstić information content (AvgIpc) is 2.35. The molecule has 1 aliphatic carbocycles. The molecule has 0 spiro atoms. The van der Waals surface area contributed by atoms with Gasteiger partial charge in [0, 0.05) is 0 Å². The van der Waals surface area contributed by atoms with Crippen molar-refractivity contribution in [1.29, 1.82) is 0 Å². The van der Waals surface area contributed by atoms with E-state index in [2.05, 4.69) is 13.0 Å². The van der Waals surface area contributed by atoms with E-state index in [1.165, 1.54) is 5.57 Å². The first-order valence-corrected chi connectivity index (χ1v) is 4.33. The van der Waals surface area contributed by atoms with Crippen LogP contribution >= 0.6 is 0 Å². The molecule has 0 bridgehead atoms. The zero-order valence-electron chi connectivity index (χ0n) is 7.92. The van der Waals surface area contributed by atoms with E-state index < -0.39 is 11.4 Å². The highest BCUT2D eigenvalue weighted by Gasteiger charge is 2.37. The van der Waals surface area contributed by atoms with Crippen molar-refractivity contribution in [3.63, 3.8) is 0 Å². The van der Waals surface area contributed by atoms with Gasteiger partial charge in [0.25, 0.3) is 0 Å². The van der Waals surface area contributed by atoms with Crippen LogP contribution in [0.3, 0.4) is 0 Å². The molecule has 0 fully saturated rings. The van der Waals surface area contributed by atoms with Crippen molar-refractivity contribution in [3.8, 4) is 0 Å². The summed E-state index contributed by atoms with van der Waals surface area (Å²) in [5.74, 6) is -0.398. The maximum absolute atomic E-state index is 10.9. The fourth-order valence-electron chi connectivity index (χ4n) is 1.62. The van der Waals surface area contributed by atoms with E-state index in [1.807, 2.05) is 13.8 Å². The van der Waals surface area contributed by atoms with Gasteiger partial charge in [-0.15, -0.1) is 0 Å². The largest absolute Gasteiger partial charge is 0.481 e. The van der Waals surface area contributed by atoms with E-state index in [1.54, 1.807) is 0 Å². The van der Waals surface area contributed by atoms with E-state index in [9.17, 15) is 4.79 Å². The van der Waals surface area contributed by atoms with Crippen LogP contribution in [0.5, 0.6) is 0 Å². The molecule has 1 aliphatic rings. The summed E-state index contributed by atoms with van der Waals surface area (Å²) in [4.78, 5) is 10.9. The lowest BCUT2D eigenvalue weighted by molar-refractivity contribution is -0.149. The molecule has 0 amide bonds. The van der Waals surface area contributed by atoms with Crippen LogP contribution in [-0.4, -0.2) is 11.1 Å². The number of allylic oxidation sites excluding steroid dienone is 2. The molecule has 1 N–H and O–H groups in total. The molecular formula is C10H16O2. The van der Waals surface area contributed by atoms with Crippen molar-refractivity contribution in [2.24, 2.45) is 11.3 Å². The zero-order chi connectivity index (χ0) is 9.35. The number of carbonyl (C=O) groups is 1. The van der Waals surface area contributed by atoms with Crippen LogP contribution < -0.4 is 0 Å². The molecule has 0 heterocycles. The van der Waals surface area contributed by atoms with E-state index in [0.717, 1.165) is 12.8 Å². The number of aliphatic carboxylic acids is 1. The third-order valence-corrected chi connectivity index (χ3v) is 2.89. The fourth-order valence-corrected chi connectivity index (χ4v) is 1.62. The summed E-state index contributed by atoms with van der Waals surface area (Å²) in [5, 5.41) is 8.96. The SMILES string of the molecule is CC1=CC[C@@H](C(C)(C)C(=O)O)C1. The number of hydrogen-bond acceptors (Lipinski definition) is 1. The van der Waals surface area contributed by atoms with Crippen LogP contribution in [0.4, 0.5) is 0 Å². The summed E-state index contributed by atoms with van der Waals surface area (Å²) in [6.07, 6.45) is 4.01. The average molecular weight is 168 g/mol. The number of rotatable bonds is 2. The summed E-state index contributed by atoms with van der Waals surface area (Å²) in [7, 11) is 0. The van der Waals surface area contributed by atoms with Gasteiger partial charge in [0.05, 0.1) is 5.41 Å². The smallest absolute Gasteiger partial charge is 0.309 e. The van der Waals surface area contributed by atoms with Gasteiger partial charge < -0.3 is 5.11 Å². The number of carboxylic acid groups (broad SMARTS) is 1. The summed E-state index contributed by atoms with van der Waals surface area (Å²) < 4.78 is 0. The molecule has 1 rings (SSSR count). The molecule has 68 valence electrons. The van der Waals surface area contributed by atoms with Gasteiger partial charge in [-0.25, -0.2) is 0 Å². The molecule has 0 aliphatic heterocycles. The molecule has 0 radical (unpaired) electrons. The van der Waals surface area contributed by atoms with Crippen molar-refractivity contribution in [3.05, 3.63) is 11.6 Å². The van der Waals surface area contributed by atoms with Crippen LogP contribution in [0, 0.1) is 11.3 Å². The molecule has 0 unspecified atom stereocenters. The van der Waals surface area contributed by atoms with Crippen molar-refractivity contribution in [1.82, 2.24) is 0 Å². The first kappa shape index (κ1) is 9.30. The van der Waals surface area contributed by atoms with Gasteiger partial charge in [-0.05, 0) is 39.5 Å². The maximum Gasteiger partial charge on any atom is 0.309 e. The van der Waals surface area contributed by atoms with E-state index in [-0.39, 0.29) is 5.92 Å². The van der Waals surface area contributed by atoms with Crippen LogP contribution in [0.2, 0.25) is 0 Å². The molecule has 2 nitrogen and oxygen atoms in total. The monoisotopic (exact) mass is 168 g/mol. The Morgan fingerprint density at radius 2 is 2.25 bits per heavy atom. The van der Waals surface area contributed by atoms with Crippen molar-refractivity contribution < 1.29 is 9.90 Å². The van der Waals surface area contributed by atoms with Gasteiger partial charge in [-0.2, -0.15) is 0 Å². The highest BCUT2D eigenvalue weighted by molar-refractivity contribution is 5.74. The summed E-state index contributed by atoms with van der Waals surface area (Å²) in [6.45, 7) is 5.69. The fraction of sp³-hybridized carbons (Fsp3) is 0.700. The normalized spacial score (nSPS) is 23.9. The van der Waals surface area contributed by atoms with Crippen LogP contribution in [0.15, 0.2) is 11.6 Å². The lowest BCUT2D eigenvalue weighted by Crippen LogP contribution is -2.31. The molecule has 0 aromatic heterocycles. The third kappa shape index (κ3) is 1.52. The lowest BCUT2D eigenvalue weighted by Gasteiger charge is -2.26. The molecular weight excluding hydrogens is 152 g/mol. The first-order chi connectivity index (χ1) is 5.44. The Labute approximate surface area is 73.3 Å². The van der Waals surface area contributed by atoms with E-state index in [4.69, 9.17) is 5.11 Å². The predicted molar refractivity (Wildman–Crippen MR) is 47.9 cm³/mol. The zero-order valence-corrected chi connectivity index (χ0v) is 7.92. The van der Waals surface area contributed by atoms with Gasteiger partial charge in [0.2, 0.25) is 0 Å². The van der Waals surface area contributed by atoms with E-state index >= 15 is 0 Å². The van der Waals surface area contributed by atoms with Gasteiger partial charge in [-0.1, -0.05) is 11.6 Å². The number of hydrogen-bond donors (Lipinski definition) is 1. The van der Waals surface area contributed by atoms with Crippen molar-refractivity contribution in [2.45, 2.75) is 33.6 Å². The molecule has 12 heavy (non-hydrogen) atoms. The molecule has 2 heteroatoms. The molecule has 0 aromatic carbocycles. The van der Waals surface area contributed by atoms with Crippen molar-refractivity contribution in [2.75, 3.05) is 0 Å². The molecule has 0 saturated heterocycles. The quantitative estimate of drug-likeness (QED) is 0.643. The van der Waals surface area contributed by atoms with Crippen LogP contribution in [0.25, 0.3) is 0 Å². The summed E-state index contributed by atoms with van der Waals surface area (Å²) >= 11 is 0. The molecule has 1 atom stereocenters. The molecule has 0 aromatic rings. The van der Waals surface area contributed by atoms with Gasteiger partial charge in [-0.3, -0.25) is 4.79 Å². The highest BCUT2D eigenvalue weighted by Crippen LogP contribution is 2.38. The Morgan fingerprint density at radius 1 is 1.67 bits per heavy atom. The Kier molecular flexibility index (Phi) is 2.27. The van der Waals surface area contributed by atoms with Gasteiger partial charge in [0.1, 0.15) is 0 Å². The van der Waals surface area contributed by atoms with Crippen LogP contribution in [0.1, 0.15) is 33.6 Å². The van der Waals surface area contributed by atoms with Crippen molar-refractivity contribution >= 4 is 5.97 Å². The second-order valence-electron chi connectivity index (χ2n) is 4.21. The second-order valence-corrected chi connectivity index (χ2v) is 4.21. The maximum atomic E-state index is 10.9. The Bertz CT molecular complexity index is 226. The third-order valence-electron chi connectivity index (χ3n) is 2.89. The highest BCUT2D eigenvalue weighted by atomic mass is 16.4. The van der Waals surface area contributed by atoms with Gasteiger partial charge in [0.15, 0.2) is 0 Å². The summed E-state index contributed by atoms with van der Waals surface area (Å²) in [6, 6.07) is 0. The van der Waals surface area contributed by atoms with Gasteiger partial charge >= 0.3 is 5.97 Å². The second kappa shape index (κ2) is 2.92. The minimum absolute atomic E-state index is 0.287. The Hall–Kier alpha value is -0.790. The minimum Gasteiger partial charge on any atom is -0.481 e. The standard InChI is InChI=1S/C10H16O2/c1-7-4-5-8(6-7)10(2,3)9(11)12/h4,8H,5-6H2,1-3H3,(H,11,12)/t8-/m1/s1. The topological polar surface area (TPSA) is 37.3 Å². The minimum atomic E-state index is -0.685. The molecule has 0 saturated carbocycles. The Balaban J connectivity index is 2.67. The predicted octanol–water partition coefficient (Wildman–Crippen LogP) is 2.45. The Morgan fingerprint density at radius 3 is 2.58 bits per heavy atom. The van der Waals surface area contributed by atoms with Crippen LogP contribution in [-0.2, 0) is 4.79 Å². The summed E-state index contributed by atoms with van der Waals surface area (Å²) in [5.41, 5.74) is 0.753. The first-order valence-electron chi connectivity index (χ1n) is 4.33. The number of carboxylic acids is 1.